The van der Waals surface area contributed by atoms with Crippen LogP contribution in [0.4, 0.5) is 0 Å². The highest BCUT2D eigenvalue weighted by molar-refractivity contribution is 5.93. The number of hydrogen-bond acceptors (Lipinski definition) is 1. The predicted molar refractivity (Wildman–Crippen MR) is 61.2 cm³/mol. The Morgan fingerprint density at radius 1 is 1.21 bits per heavy atom. The second kappa shape index (κ2) is 8.79. The smallest absolute Gasteiger partial charge is 0.246 e. The quantitative estimate of drug-likeness (QED) is 0.493. The first-order valence-corrected chi connectivity index (χ1v) is 5.69. The molecular weight excluding hydrogens is 174 g/mol. The first-order chi connectivity index (χ1) is 6.76. The number of carbonyl (C=O) groups is 1. The monoisotopic (exact) mass is 197 g/mol. The number of amides is 1. The summed E-state index contributed by atoms with van der Waals surface area (Å²) in [6.45, 7) is 6.79. The summed E-state index contributed by atoms with van der Waals surface area (Å²) in [5.74, 6) is 0.103. The van der Waals surface area contributed by atoms with Gasteiger partial charge in [0.15, 0.2) is 0 Å². The van der Waals surface area contributed by atoms with Gasteiger partial charge in [0.25, 0.3) is 0 Å². The summed E-state index contributed by atoms with van der Waals surface area (Å²) in [6.07, 6.45) is 7.72. The number of allylic oxidation sites excluding steroid dienone is 1. The molecule has 0 aliphatic carbocycles. The lowest BCUT2D eigenvalue weighted by Gasteiger charge is -2.06. The fraction of sp³-hybridized carbons (Fsp3) is 0.750. The van der Waals surface area contributed by atoms with Crippen molar-refractivity contribution in [1.82, 2.24) is 5.32 Å². The van der Waals surface area contributed by atoms with Gasteiger partial charge in [-0.1, -0.05) is 32.3 Å². The van der Waals surface area contributed by atoms with E-state index in [0.29, 0.717) is 6.54 Å². The van der Waals surface area contributed by atoms with Gasteiger partial charge in [0.05, 0.1) is 0 Å². The summed E-state index contributed by atoms with van der Waals surface area (Å²) in [5, 5.41) is 2.83. The maximum Gasteiger partial charge on any atom is 0.246 e. The number of rotatable bonds is 7. The molecule has 0 saturated heterocycles. The Labute approximate surface area is 87.8 Å². The summed E-state index contributed by atoms with van der Waals surface area (Å²) in [7, 11) is 0. The van der Waals surface area contributed by atoms with Crippen LogP contribution in [-0.4, -0.2) is 12.5 Å². The van der Waals surface area contributed by atoms with Gasteiger partial charge in [-0.25, -0.2) is 0 Å². The molecule has 0 fully saturated rings. The van der Waals surface area contributed by atoms with Crippen molar-refractivity contribution in [3.05, 3.63) is 11.6 Å². The van der Waals surface area contributed by atoms with Crippen LogP contribution in [-0.2, 0) is 4.79 Å². The van der Waals surface area contributed by atoms with E-state index in [-0.39, 0.29) is 5.91 Å². The molecule has 0 radical (unpaired) electrons. The third kappa shape index (κ3) is 5.79. The molecule has 2 heteroatoms. The normalized spacial score (nSPS) is 11.5. The Hall–Kier alpha value is -0.790. The van der Waals surface area contributed by atoms with E-state index in [2.05, 4.69) is 12.2 Å². The van der Waals surface area contributed by atoms with Crippen LogP contribution >= 0.6 is 0 Å². The zero-order chi connectivity index (χ0) is 10.8. The Balaban J connectivity index is 3.75. The van der Waals surface area contributed by atoms with Gasteiger partial charge in [-0.05, 0) is 26.7 Å². The van der Waals surface area contributed by atoms with Crippen LogP contribution < -0.4 is 5.32 Å². The fourth-order valence-corrected chi connectivity index (χ4v) is 1.41. The van der Waals surface area contributed by atoms with Gasteiger partial charge in [-0.3, -0.25) is 4.79 Å². The van der Waals surface area contributed by atoms with Crippen molar-refractivity contribution in [2.24, 2.45) is 0 Å². The zero-order valence-corrected chi connectivity index (χ0v) is 9.73. The van der Waals surface area contributed by atoms with E-state index < -0.39 is 0 Å². The van der Waals surface area contributed by atoms with Crippen molar-refractivity contribution in [3.8, 4) is 0 Å². The van der Waals surface area contributed by atoms with Crippen LogP contribution in [0.15, 0.2) is 11.6 Å². The van der Waals surface area contributed by atoms with E-state index in [1.165, 1.54) is 19.3 Å². The lowest BCUT2D eigenvalue weighted by Crippen LogP contribution is -2.24. The van der Waals surface area contributed by atoms with E-state index in [4.69, 9.17) is 0 Å². The summed E-state index contributed by atoms with van der Waals surface area (Å²) in [6, 6.07) is 0. The van der Waals surface area contributed by atoms with Gasteiger partial charge in [0.1, 0.15) is 0 Å². The maximum absolute atomic E-state index is 11.5. The van der Waals surface area contributed by atoms with Crippen molar-refractivity contribution < 1.29 is 4.79 Å². The number of unbranched alkanes of at least 4 members (excludes halogenated alkanes) is 3. The highest BCUT2D eigenvalue weighted by Gasteiger charge is 2.05. The number of likely N-dealkylation sites (N-methyl/N-ethyl adjacent to an activating group) is 1. The third-order valence-corrected chi connectivity index (χ3v) is 2.28. The molecule has 0 unspecified atom stereocenters. The van der Waals surface area contributed by atoms with Gasteiger partial charge >= 0.3 is 0 Å². The number of nitrogens with one attached hydrogen (secondary N) is 1. The molecule has 0 heterocycles. The average molecular weight is 197 g/mol. The molecule has 0 spiro atoms. The molecule has 0 atom stereocenters. The molecule has 0 aromatic heterocycles. The Morgan fingerprint density at radius 3 is 2.43 bits per heavy atom. The van der Waals surface area contributed by atoms with Crippen LogP contribution in [0.5, 0.6) is 0 Å². The average Bonchev–Trinajstić information content (AvgIpc) is 2.18. The third-order valence-electron chi connectivity index (χ3n) is 2.28. The lowest BCUT2D eigenvalue weighted by atomic mass is 10.1. The minimum Gasteiger partial charge on any atom is -0.353 e. The first-order valence-electron chi connectivity index (χ1n) is 5.69. The van der Waals surface area contributed by atoms with Gasteiger partial charge < -0.3 is 5.32 Å². The van der Waals surface area contributed by atoms with E-state index in [9.17, 15) is 4.79 Å². The molecule has 0 aromatic carbocycles. The fourth-order valence-electron chi connectivity index (χ4n) is 1.41. The van der Waals surface area contributed by atoms with Crippen molar-refractivity contribution >= 4 is 5.91 Å². The number of hydrogen-bond donors (Lipinski definition) is 1. The minimum atomic E-state index is 0.103. The van der Waals surface area contributed by atoms with E-state index in [1.807, 2.05) is 19.9 Å². The summed E-state index contributed by atoms with van der Waals surface area (Å²) in [5.41, 5.74) is 0.933. The lowest BCUT2D eigenvalue weighted by molar-refractivity contribution is -0.117. The van der Waals surface area contributed by atoms with Crippen LogP contribution in [0.3, 0.4) is 0 Å². The molecule has 0 rings (SSSR count). The molecule has 14 heavy (non-hydrogen) atoms. The second-order valence-corrected chi connectivity index (χ2v) is 3.48. The largest absolute Gasteiger partial charge is 0.353 e. The van der Waals surface area contributed by atoms with E-state index >= 15 is 0 Å². The SMILES string of the molecule is CC=C(CCCCCC)C(=O)NCC. The highest BCUT2D eigenvalue weighted by Crippen LogP contribution is 2.10. The zero-order valence-electron chi connectivity index (χ0n) is 9.73. The molecular formula is C12H23NO. The first kappa shape index (κ1) is 13.2. The van der Waals surface area contributed by atoms with Gasteiger partial charge in [-0.15, -0.1) is 0 Å². The van der Waals surface area contributed by atoms with E-state index in [1.54, 1.807) is 0 Å². The molecule has 0 aliphatic rings. The summed E-state index contributed by atoms with van der Waals surface area (Å²) >= 11 is 0. The Kier molecular flexibility index (Phi) is 8.30. The highest BCUT2D eigenvalue weighted by atomic mass is 16.1. The molecule has 1 amide bonds. The topological polar surface area (TPSA) is 29.1 Å². The Morgan fingerprint density at radius 2 is 1.93 bits per heavy atom. The van der Waals surface area contributed by atoms with Crippen LogP contribution in [0, 0.1) is 0 Å². The molecule has 1 N–H and O–H groups in total. The van der Waals surface area contributed by atoms with Gasteiger partial charge in [0.2, 0.25) is 5.91 Å². The minimum absolute atomic E-state index is 0.103. The summed E-state index contributed by atoms with van der Waals surface area (Å²) < 4.78 is 0. The van der Waals surface area contributed by atoms with Gasteiger partial charge in [0, 0.05) is 12.1 Å². The van der Waals surface area contributed by atoms with Crippen LogP contribution in [0.1, 0.15) is 52.9 Å². The number of carbonyl (C=O) groups excluding carboxylic acids is 1. The summed E-state index contributed by atoms with van der Waals surface area (Å²) in [4.78, 5) is 11.5. The predicted octanol–water partition coefficient (Wildman–Crippen LogP) is 3.04. The molecule has 82 valence electrons. The standard InChI is InChI=1S/C12H23NO/c1-4-7-8-9-10-11(5-2)12(14)13-6-3/h5H,4,6-10H2,1-3H3,(H,13,14). The molecule has 0 aromatic rings. The molecule has 2 nitrogen and oxygen atoms in total. The molecule has 0 aliphatic heterocycles. The van der Waals surface area contributed by atoms with Crippen molar-refractivity contribution in [1.29, 1.82) is 0 Å². The molecule has 0 saturated carbocycles. The van der Waals surface area contributed by atoms with Crippen LogP contribution in [0.2, 0.25) is 0 Å². The second-order valence-electron chi connectivity index (χ2n) is 3.48. The van der Waals surface area contributed by atoms with Gasteiger partial charge in [-0.2, -0.15) is 0 Å². The Bertz CT molecular complexity index is 185. The van der Waals surface area contributed by atoms with Crippen molar-refractivity contribution in [2.75, 3.05) is 6.54 Å². The van der Waals surface area contributed by atoms with Crippen LogP contribution in [0.25, 0.3) is 0 Å². The van der Waals surface area contributed by atoms with E-state index in [0.717, 1.165) is 18.4 Å². The maximum atomic E-state index is 11.5. The molecule has 0 bridgehead atoms. The van der Waals surface area contributed by atoms with Crippen molar-refractivity contribution in [3.63, 3.8) is 0 Å². The van der Waals surface area contributed by atoms with Crippen molar-refractivity contribution in [2.45, 2.75) is 52.9 Å².